The lowest BCUT2D eigenvalue weighted by atomic mass is 9.93. The van der Waals surface area contributed by atoms with Crippen LogP contribution in [0.2, 0.25) is 0 Å². The molecule has 146 valence electrons. The predicted octanol–water partition coefficient (Wildman–Crippen LogP) is 2.41. The smallest absolute Gasteiger partial charge is 0.251 e. The summed E-state index contributed by atoms with van der Waals surface area (Å²) in [6, 6.07) is 7.91. The highest BCUT2D eigenvalue weighted by Crippen LogP contribution is 2.18. The number of carbonyl (C=O) groups is 1. The Morgan fingerprint density at radius 2 is 1.85 bits per heavy atom. The van der Waals surface area contributed by atoms with Crippen LogP contribution in [0, 0.1) is 0 Å². The summed E-state index contributed by atoms with van der Waals surface area (Å²) in [4.78, 5) is 16.6. The van der Waals surface area contributed by atoms with E-state index in [1.54, 1.807) is 0 Å². The number of guanidine groups is 1. The van der Waals surface area contributed by atoms with Gasteiger partial charge in [0.25, 0.3) is 5.91 Å². The Hall–Kier alpha value is -1.35. The first-order chi connectivity index (χ1) is 12.1. The van der Waals surface area contributed by atoms with E-state index in [1.807, 2.05) is 38.1 Å². The van der Waals surface area contributed by atoms with Crippen molar-refractivity contribution in [2.45, 2.75) is 58.2 Å². The monoisotopic (exact) mass is 474 g/mol. The highest BCUT2D eigenvalue weighted by Gasteiger charge is 2.19. The molecule has 0 aliphatic heterocycles. The van der Waals surface area contributed by atoms with Gasteiger partial charge in [-0.05, 0) is 57.2 Å². The topological polar surface area (TPSA) is 85.8 Å². The van der Waals surface area contributed by atoms with Crippen LogP contribution in [-0.4, -0.2) is 42.2 Å². The fourth-order valence-corrected chi connectivity index (χ4v) is 2.98. The number of hydrogen-bond donors (Lipinski definition) is 4. The maximum Gasteiger partial charge on any atom is 0.251 e. The number of halogens is 1. The minimum absolute atomic E-state index is 0. The first-order valence-corrected chi connectivity index (χ1v) is 9.22. The second kappa shape index (κ2) is 12.1. The Balaban J connectivity index is 0.00000338. The molecule has 0 heterocycles. The molecule has 0 radical (unpaired) electrons. The summed E-state index contributed by atoms with van der Waals surface area (Å²) in [5.41, 5.74) is 1.66. The van der Waals surface area contributed by atoms with Gasteiger partial charge in [0.15, 0.2) is 5.96 Å². The van der Waals surface area contributed by atoms with Crippen molar-refractivity contribution in [2.75, 3.05) is 13.1 Å². The molecule has 0 unspecified atom stereocenters. The van der Waals surface area contributed by atoms with E-state index in [2.05, 4.69) is 20.9 Å². The minimum Gasteiger partial charge on any atom is -0.393 e. The largest absolute Gasteiger partial charge is 0.393 e. The first kappa shape index (κ1) is 22.7. The van der Waals surface area contributed by atoms with E-state index in [1.165, 1.54) is 0 Å². The molecule has 26 heavy (non-hydrogen) atoms. The molecule has 2 rings (SSSR count). The summed E-state index contributed by atoms with van der Waals surface area (Å²) < 4.78 is 0. The molecule has 1 amide bonds. The number of aliphatic hydroxyl groups excluding tert-OH is 1. The van der Waals surface area contributed by atoms with Gasteiger partial charge in [-0.15, -0.1) is 24.0 Å². The summed E-state index contributed by atoms with van der Waals surface area (Å²) in [5.74, 6) is 0.728. The molecule has 0 bridgehead atoms. The molecule has 1 aromatic carbocycles. The van der Waals surface area contributed by atoms with Crippen molar-refractivity contribution in [3.63, 3.8) is 0 Å². The summed E-state index contributed by atoms with van der Waals surface area (Å²) in [6.45, 7) is 5.87. The summed E-state index contributed by atoms with van der Waals surface area (Å²) >= 11 is 0. The van der Waals surface area contributed by atoms with Gasteiger partial charge in [0.1, 0.15) is 0 Å². The fourth-order valence-electron chi connectivity index (χ4n) is 2.98. The number of nitrogens with one attached hydrogen (secondary N) is 3. The Kier molecular flexibility index (Phi) is 10.6. The van der Waals surface area contributed by atoms with Gasteiger partial charge in [0.05, 0.1) is 12.6 Å². The molecular weight excluding hydrogens is 443 g/mol. The quantitative estimate of drug-likeness (QED) is 0.290. The highest BCUT2D eigenvalue weighted by atomic mass is 127. The molecular formula is C19H31IN4O2. The van der Waals surface area contributed by atoms with Crippen LogP contribution in [0.4, 0.5) is 0 Å². The molecule has 1 fully saturated rings. The molecule has 0 saturated heterocycles. The van der Waals surface area contributed by atoms with E-state index in [9.17, 15) is 9.90 Å². The average Bonchev–Trinajstić information content (AvgIpc) is 2.62. The van der Waals surface area contributed by atoms with Gasteiger partial charge in [-0.25, -0.2) is 4.99 Å². The molecule has 0 spiro atoms. The molecule has 1 saturated carbocycles. The second-order valence-electron chi connectivity index (χ2n) is 6.40. The zero-order valence-electron chi connectivity index (χ0n) is 15.6. The Morgan fingerprint density at radius 1 is 1.15 bits per heavy atom. The normalized spacial score (nSPS) is 20.0. The maximum absolute atomic E-state index is 11.9. The number of amides is 1. The lowest BCUT2D eigenvalue weighted by Gasteiger charge is -2.27. The van der Waals surface area contributed by atoms with E-state index in [0.717, 1.165) is 43.8 Å². The number of nitrogens with zero attached hydrogens (tertiary/aromatic N) is 1. The number of aliphatic imine (C=N–C) groups is 1. The van der Waals surface area contributed by atoms with E-state index >= 15 is 0 Å². The summed E-state index contributed by atoms with van der Waals surface area (Å²) in [7, 11) is 0. The van der Waals surface area contributed by atoms with Crippen molar-refractivity contribution in [1.82, 2.24) is 16.0 Å². The van der Waals surface area contributed by atoms with Crippen LogP contribution in [0.1, 0.15) is 55.5 Å². The number of hydrogen-bond acceptors (Lipinski definition) is 3. The van der Waals surface area contributed by atoms with E-state index in [4.69, 9.17) is 0 Å². The highest BCUT2D eigenvalue weighted by molar-refractivity contribution is 14.0. The lowest BCUT2D eigenvalue weighted by Crippen LogP contribution is -2.45. The Labute approximate surface area is 173 Å². The summed E-state index contributed by atoms with van der Waals surface area (Å²) in [5, 5.41) is 19.2. The summed E-state index contributed by atoms with van der Waals surface area (Å²) in [6.07, 6.45) is 3.43. The molecule has 1 aliphatic rings. The third-order valence-corrected chi connectivity index (χ3v) is 4.33. The van der Waals surface area contributed by atoms with Gasteiger partial charge in [-0.1, -0.05) is 12.1 Å². The van der Waals surface area contributed by atoms with Crippen LogP contribution in [0.5, 0.6) is 0 Å². The first-order valence-electron chi connectivity index (χ1n) is 9.22. The van der Waals surface area contributed by atoms with Gasteiger partial charge < -0.3 is 21.1 Å². The molecule has 0 aromatic heterocycles. The van der Waals surface area contributed by atoms with Crippen LogP contribution in [0.25, 0.3) is 0 Å². The average molecular weight is 474 g/mol. The number of benzene rings is 1. The molecule has 7 heteroatoms. The molecule has 1 aromatic rings. The third-order valence-electron chi connectivity index (χ3n) is 4.33. The van der Waals surface area contributed by atoms with E-state index < -0.39 is 0 Å². The molecule has 4 N–H and O–H groups in total. The van der Waals surface area contributed by atoms with Crippen molar-refractivity contribution < 1.29 is 9.90 Å². The van der Waals surface area contributed by atoms with E-state index in [-0.39, 0.29) is 36.0 Å². The van der Waals surface area contributed by atoms with Gasteiger partial charge in [0, 0.05) is 24.7 Å². The lowest BCUT2D eigenvalue weighted by molar-refractivity contribution is 0.0955. The van der Waals surface area contributed by atoms with Crippen molar-refractivity contribution in [3.8, 4) is 0 Å². The minimum atomic E-state index is -0.158. The van der Waals surface area contributed by atoms with Gasteiger partial charge >= 0.3 is 0 Å². The number of carbonyl (C=O) groups excluding carboxylic acids is 1. The fraction of sp³-hybridized carbons (Fsp3) is 0.579. The van der Waals surface area contributed by atoms with E-state index in [0.29, 0.717) is 24.7 Å². The Morgan fingerprint density at radius 3 is 2.50 bits per heavy atom. The zero-order valence-corrected chi connectivity index (χ0v) is 18.0. The standard InChI is InChI=1S/C19H30N4O2.HI/c1-3-20-18(25)15-7-5-6-14(12-15)13-22-19(21-4-2)23-16-8-10-17(24)11-9-16;/h5-7,12,16-17,24H,3-4,8-11,13H2,1-2H3,(H,20,25)(H2,21,22,23);1H. The number of rotatable bonds is 6. The van der Waals surface area contributed by atoms with Crippen LogP contribution >= 0.6 is 24.0 Å². The van der Waals surface area contributed by atoms with Crippen LogP contribution < -0.4 is 16.0 Å². The van der Waals surface area contributed by atoms with Gasteiger partial charge in [0.2, 0.25) is 0 Å². The third kappa shape index (κ3) is 7.49. The maximum atomic E-state index is 11.9. The SMILES string of the molecule is CCNC(=O)c1cccc(CN=C(NCC)NC2CCC(O)CC2)c1.I. The molecule has 6 nitrogen and oxygen atoms in total. The van der Waals surface area contributed by atoms with Crippen molar-refractivity contribution >= 4 is 35.8 Å². The van der Waals surface area contributed by atoms with Gasteiger partial charge in [-0.2, -0.15) is 0 Å². The van der Waals surface area contributed by atoms with Crippen LogP contribution in [0.3, 0.4) is 0 Å². The van der Waals surface area contributed by atoms with Crippen molar-refractivity contribution in [2.24, 2.45) is 4.99 Å². The van der Waals surface area contributed by atoms with Crippen LogP contribution in [-0.2, 0) is 6.54 Å². The van der Waals surface area contributed by atoms with Crippen molar-refractivity contribution in [3.05, 3.63) is 35.4 Å². The van der Waals surface area contributed by atoms with Crippen LogP contribution in [0.15, 0.2) is 29.3 Å². The molecule has 1 aliphatic carbocycles. The van der Waals surface area contributed by atoms with Crippen molar-refractivity contribution in [1.29, 1.82) is 0 Å². The number of aliphatic hydroxyl groups is 1. The molecule has 0 atom stereocenters. The predicted molar refractivity (Wildman–Crippen MR) is 116 cm³/mol. The second-order valence-corrected chi connectivity index (χ2v) is 6.40. The Bertz CT molecular complexity index is 587. The van der Waals surface area contributed by atoms with Gasteiger partial charge in [-0.3, -0.25) is 4.79 Å². The zero-order chi connectivity index (χ0) is 18.1.